The minimum absolute atomic E-state index is 0.233. The minimum atomic E-state index is 0.233. The molecule has 0 unspecified atom stereocenters. The van der Waals surface area contributed by atoms with Crippen LogP contribution < -0.4 is 0 Å². The number of hydrogen-bond acceptors (Lipinski definition) is 2. The fourth-order valence-electron chi connectivity index (χ4n) is 0.968. The zero-order chi connectivity index (χ0) is 9.56. The number of carbonyl (C=O) groups excluding carboxylic acids is 1. The van der Waals surface area contributed by atoms with Crippen molar-refractivity contribution >= 4 is 33.6 Å². The summed E-state index contributed by atoms with van der Waals surface area (Å²) in [7, 11) is 0. The Morgan fingerprint density at radius 1 is 1.58 bits per heavy atom. The van der Waals surface area contributed by atoms with Crippen molar-refractivity contribution in [1.82, 2.24) is 4.90 Å². The van der Waals surface area contributed by atoms with Crippen molar-refractivity contribution in [2.75, 3.05) is 23.9 Å². The standard InChI is InChI=1S/C8H16BrNOS/c1-7(2)10(5-4-9)8(11)6-12-3/h7H,4-6H2,1-3H3. The minimum Gasteiger partial charge on any atom is -0.339 e. The second-order valence-electron chi connectivity index (χ2n) is 2.80. The largest absolute Gasteiger partial charge is 0.339 e. The SMILES string of the molecule is CSCC(=O)N(CCBr)C(C)C. The van der Waals surface area contributed by atoms with Crippen LogP contribution in [-0.2, 0) is 4.79 Å². The summed E-state index contributed by atoms with van der Waals surface area (Å²) in [6.45, 7) is 4.89. The van der Waals surface area contributed by atoms with Crippen LogP contribution in [0.15, 0.2) is 0 Å². The van der Waals surface area contributed by atoms with E-state index in [0.717, 1.165) is 11.9 Å². The first-order valence-electron chi connectivity index (χ1n) is 3.97. The van der Waals surface area contributed by atoms with E-state index in [9.17, 15) is 4.79 Å². The van der Waals surface area contributed by atoms with Crippen LogP contribution in [0.1, 0.15) is 13.8 Å². The molecular formula is C8H16BrNOS. The summed E-state index contributed by atoms with van der Waals surface area (Å²) in [5.74, 6) is 0.822. The average Bonchev–Trinajstić information content (AvgIpc) is 1.99. The maximum Gasteiger partial charge on any atom is 0.232 e. The Kier molecular flexibility index (Phi) is 6.95. The predicted octanol–water partition coefficient (Wildman–Crippen LogP) is 1.98. The van der Waals surface area contributed by atoms with Crippen LogP contribution in [0.2, 0.25) is 0 Å². The number of nitrogens with zero attached hydrogens (tertiary/aromatic N) is 1. The number of carbonyl (C=O) groups is 1. The van der Waals surface area contributed by atoms with Gasteiger partial charge in [0.1, 0.15) is 0 Å². The van der Waals surface area contributed by atoms with Gasteiger partial charge in [-0.1, -0.05) is 15.9 Å². The number of alkyl halides is 1. The molecule has 4 heteroatoms. The lowest BCUT2D eigenvalue weighted by Crippen LogP contribution is -2.39. The maximum absolute atomic E-state index is 11.5. The Morgan fingerprint density at radius 2 is 2.17 bits per heavy atom. The molecule has 0 heterocycles. The smallest absolute Gasteiger partial charge is 0.232 e. The van der Waals surface area contributed by atoms with Gasteiger partial charge in [0.15, 0.2) is 0 Å². The fourth-order valence-corrected chi connectivity index (χ4v) is 1.76. The van der Waals surface area contributed by atoms with Gasteiger partial charge < -0.3 is 4.90 Å². The molecule has 0 aromatic rings. The first kappa shape index (κ1) is 12.3. The highest BCUT2D eigenvalue weighted by atomic mass is 79.9. The molecule has 0 bridgehead atoms. The first-order chi connectivity index (χ1) is 5.63. The Morgan fingerprint density at radius 3 is 2.50 bits per heavy atom. The predicted molar refractivity (Wildman–Crippen MR) is 59.0 cm³/mol. The van der Waals surface area contributed by atoms with Crippen molar-refractivity contribution in [3.63, 3.8) is 0 Å². The Hall–Kier alpha value is 0.300. The summed E-state index contributed by atoms with van der Waals surface area (Å²) < 4.78 is 0. The molecule has 0 aromatic heterocycles. The van der Waals surface area contributed by atoms with E-state index in [2.05, 4.69) is 15.9 Å². The summed E-state index contributed by atoms with van der Waals surface area (Å²) in [4.78, 5) is 13.4. The van der Waals surface area contributed by atoms with E-state index in [0.29, 0.717) is 11.8 Å². The second kappa shape index (κ2) is 6.78. The van der Waals surface area contributed by atoms with E-state index >= 15 is 0 Å². The molecule has 0 N–H and O–H groups in total. The second-order valence-corrected chi connectivity index (χ2v) is 4.46. The van der Waals surface area contributed by atoms with Gasteiger partial charge in [0.2, 0.25) is 5.91 Å². The van der Waals surface area contributed by atoms with Crippen LogP contribution in [0.25, 0.3) is 0 Å². The summed E-state index contributed by atoms with van der Waals surface area (Å²) in [6.07, 6.45) is 1.95. The van der Waals surface area contributed by atoms with Gasteiger partial charge in [-0.3, -0.25) is 4.79 Å². The van der Waals surface area contributed by atoms with Crippen molar-refractivity contribution in [2.24, 2.45) is 0 Å². The van der Waals surface area contributed by atoms with Gasteiger partial charge in [-0.05, 0) is 20.1 Å². The molecule has 0 aromatic carbocycles. The van der Waals surface area contributed by atoms with Crippen molar-refractivity contribution < 1.29 is 4.79 Å². The van der Waals surface area contributed by atoms with Gasteiger partial charge in [0.25, 0.3) is 0 Å². The number of thioether (sulfide) groups is 1. The van der Waals surface area contributed by atoms with E-state index < -0.39 is 0 Å². The van der Waals surface area contributed by atoms with E-state index in [-0.39, 0.29) is 5.91 Å². The third kappa shape index (κ3) is 4.36. The molecule has 0 spiro atoms. The van der Waals surface area contributed by atoms with Crippen LogP contribution in [0.3, 0.4) is 0 Å². The molecule has 2 nitrogen and oxygen atoms in total. The van der Waals surface area contributed by atoms with Gasteiger partial charge >= 0.3 is 0 Å². The van der Waals surface area contributed by atoms with E-state index in [1.807, 2.05) is 25.0 Å². The highest BCUT2D eigenvalue weighted by Crippen LogP contribution is 2.03. The molecule has 1 amide bonds. The fraction of sp³-hybridized carbons (Fsp3) is 0.875. The molecule has 0 aliphatic heterocycles. The lowest BCUT2D eigenvalue weighted by Gasteiger charge is -2.25. The molecule has 0 radical (unpaired) electrons. The zero-order valence-corrected chi connectivity index (χ0v) is 10.2. The topological polar surface area (TPSA) is 20.3 Å². The Labute approximate surface area is 87.2 Å². The molecule has 0 atom stereocenters. The molecule has 0 rings (SSSR count). The van der Waals surface area contributed by atoms with Gasteiger partial charge in [-0.2, -0.15) is 11.8 Å². The third-order valence-corrected chi connectivity index (χ3v) is 2.43. The van der Waals surface area contributed by atoms with Gasteiger partial charge in [-0.15, -0.1) is 0 Å². The molecule has 0 saturated heterocycles. The average molecular weight is 254 g/mol. The van der Waals surface area contributed by atoms with Gasteiger partial charge in [-0.25, -0.2) is 0 Å². The van der Waals surface area contributed by atoms with Gasteiger partial charge in [0, 0.05) is 17.9 Å². The molecular weight excluding hydrogens is 238 g/mol. The number of rotatable bonds is 5. The maximum atomic E-state index is 11.5. The highest BCUT2D eigenvalue weighted by Gasteiger charge is 2.14. The van der Waals surface area contributed by atoms with Crippen molar-refractivity contribution in [2.45, 2.75) is 19.9 Å². The Balaban J connectivity index is 4.00. The zero-order valence-electron chi connectivity index (χ0n) is 7.84. The van der Waals surface area contributed by atoms with Gasteiger partial charge in [0.05, 0.1) is 5.75 Å². The first-order valence-corrected chi connectivity index (χ1v) is 6.49. The van der Waals surface area contributed by atoms with Crippen molar-refractivity contribution in [1.29, 1.82) is 0 Å². The van der Waals surface area contributed by atoms with E-state index in [4.69, 9.17) is 0 Å². The van der Waals surface area contributed by atoms with Crippen LogP contribution >= 0.6 is 27.7 Å². The summed E-state index contributed by atoms with van der Waals surface area (Å²) in [6, 6.07) is 0.308. The number of hydrogen-bond donors (Lipinski definition) is 0. The van der Waals surface area contributed by atoms with Crippen molar-refractivity contribution in [3.05, 3.63) is 0 Å². The quantitative estimate of drug-likeness (QED) is 0.699. The lowest BCUT2D eigenvalue weighted by atomic mass is 10.3. The van der Waals surface area contributed by atoms with Crippen LogP contribution in [0, 0.1) is 0 Å². The third-order valence-electron chi connectivity index (χ3n) is 1.54. The van der Waals surface area contributed by atoms with Crippen molar-refractivity contribution in [3.8, 4) is 0 Å². The molecule has 0 saturated carbocycles. The Bertz CT molecular complexity index is 141. The number of amides is 1. The summed E-state index contributed by atoms with van der Waals surface area (Å²) >= 11 is 4.91. The molecule has 0 aliphatic carbocycles. The van der Waals surface area contributed by atoms with E-state index in [1.165, 1.54) is 0 Å². The van der Waals surface area contributed by atoms with E-state index in [1.54, 1.807) is 11.8 Å². The summed E-state index contributed by atoms with van der Waals surface area (Å²) in [5.41, 5.74) is 0. The van der Waals surface area contributed by atoms with Crippen LogP contribution in [0.5, 0.6) is 0 Å². The highest BCUT2D eigenvalue weighted by molar-refractivity contribution is 9.09. The summed E-state index contributed by atoms with van der Waals surface area (Å²) in [5, 5.41) is 0.852. The van der Waals surface area contributed by atoms with Crippen LogP contribution in [0.4, 0.5) is 0 Å². The molecule has 12 heavy (non-hydrogen) atoms. The molecule has 72 valence electrons. The lowest BCUT2D eigenvalue weighted by molar-refractivity contribution is -0.129. The number of halogens is 1. The monoisotopic (exact) mass is 253 g/mol. The molecule has 0 aliphatic rings. The van der Waals surface area contributed by atoms with Crippen LogP contribution in [-0.4, -0.2) is 40.7 Å². The normalized spacial score (nSPS) is 10.4. The molecule has 0 fully saturated rings.